The van der Waals surface area contributed by atoms with Crippen molar-refractivity contribution < 1.29 is 23.8 Å². The minimum atomic E-state index is -1.28. The van der Waals surface area contributed by atoms with Crippen LogP contribution in [0.3, 0.4) is 0 Å². The molecule has 92 valence electrons. The van der Waals surface area contributed by atoms with Gasteiger partial charge in [-0.05, 0) is 12.1 Å². The summed E-state index contributed by atoms with van der Waals surface area (Å²) in [6.45, 7) is 0. The Morgan fingerprint density at radius 2 is 2.06 bits per heavy atom. The Labute approximate surface area is 104 Å². The standard InChI is InChI=1S/C11H6FNO4S/c12-6-3-1-2-4-7(6)17-11(16)8-9(10(14)15)18-5-13-8/h1-5H,(H,14,15). The van der Waals surface area contributed by atoms with Crippen molar-refractivity contribution in [3.05, 3.63) is 46.2 Å². The Morgan fingerprint density at radius 3 is 2.72 bits per heavy atom. The minimum Gasteiger partial charge on any atom is -0.477 e. The van der Waals surface area contributed by atoms with Crippen LogP contribution in [0.2, 0.25) is 0 Å². The number of halogens is 1. The summed E-state index contributed by atoms with van der Waals surface area (Å²) in [5.41, 5.74) is 0.872. The summed E-state index contributed by atoms with van der Waals surface area (Å²) in [5, 5.41) is 8.81. The lowest BCUT2D eigenvalue weighted by Gasteiger charge is -2.03. The fourth-order valence-electron chi connectivity index (χ4n) is 1.22. The van der Waals surface area contributed by atoms with Gasteiger partial charge in [0.15, 0.2) is 17.3 Å². The smallest absolute Gasteiger partial charge is 0.364 e. The van der Waals surface area contributed by atoms with E-state index in [1.165, 1.54) is 23.7 Å². The topological polar surface area (TPSA) is 76.5 Å². The van der Waals surface area contributed by atoms with Gasteiger partial charge in [-0.1, -0.05) is 12.1 Å². The minimum absolute atomic E-state index is 0.240. The highest BCUT2D eigenvalue weighted by atomic mass is 32.1. The van der Waals surface area contributed by atoms with E-state index in [4.69, 9.17) is 9.84 Å². The number of rotatable bonds is 3. The van der Waals surface area contributed by atoms with E-state index in [-0.39, 0.29) is 16.3 Å². The Hall–Kier alpha value is -2.28. The molecule has 0 amide bonds. The van der Waals surface area contributed by atoms with Gasteiger partial charge in [0.05, 0.1) is 5.51 Å². The second-order valence-electron chi connectivity index (χ2n) is 3.16. The molecular formula is C11H6FNO4S. The van der Waals surface area contributed by atoms with Crippen LogP contribution in [0.25, 0.3) is 0 Å². The van der Waals surface area contributed by atoms with Crippen LogP contribution in [-0.2, 0) is 0 Å². The molecule has 1 N–H and O–H groups in total. The van der Waals surface area contributed by atoms with Crippen LogP contribution in [0, 0.1) is 5.82 Å². The first kappa shape index (κ1) is 12.2. The lowest BCUT2D eigenvalue weighted by Crippen LogP contribution is -2.13. The highest BCUT2D eigenvalue weighted by molar-refractivity contribution is 7.12. The number of carboxylic acids is 1. The molecule has 18 heavy (non-hydrogen) atoms. The van der Waals surface area contributed by atoms with E-state index in [2.05, 4.69) is 4.98 Å². The second kappa shape index (κ2) is 4.92. The number of thiazole rings is 1. The van der Waals surface area contributed by atoms with Crippen LogP contribution in [0.1, 0.15) is 20.2 Å². The number of nitrogens with zero attached hydrogens (tertiary/aromatic N) is 1. The molecule has 0 bridgehead atoms. The number of benzene rings is 1. The van der Waals surface area contributed by atoms with Gasteiger partial charge in [0.2, 0.25) is 0 Å². The number of carbonyl (C=O) groups is 2. The molecular weight excluding hydrogens is 261 g/mol. The van der Waals surface area contributed by atoms with Crippen molar-refractivity contribution >= 4 is 23.3 Å². The van der Waals surface area contributed by atoms with Crippen LogP contribution >= 0.6 is 11.3 Å². The molecule has 0 atom stereocenters. The van der Waals surface area contributed by atoms with Gasteiger partial charge in [-0.25, -0.2) is 19.0 Å². The van der Waals surface area contributed by atoms with Gasteiger partial charge >= 0.3 is 11.9 Å². The maximum Gasteiger partial charge on any atom is 0.364 e. The van der Waals surface area contributed by atoms with Crippen molar-refractivity contribution in [2.24, 2.45) is 0 Å². The number of esters is 1. The molecule has 0 fully saturated rings. The molecule has 2 aromatic rings. The summed E-state index contributed by atoms with van der Waals surface area (Å²) < 4.78 is 18.0. The Morgan fingerprint density at radius 1 is 1.33 bits per heavy atom. The molecule has 7 heteroatoms. The lowest BCUT2D eigenvalue weighted by molar-refractivity contribution is 0.0667. The largest absolute Gasteiger partial charge is 0.477 e. The van der Waals surface area contributed by atoms with Crippen LogP contribution in [-0.4, -0.2) is 22.0 Å². The number of carbonyl (C=O) groups excluding carboxylic acids is 1. The molecule has 0 unspecified atom stereocenters. The number of ether oxygens (including phenoxy) is 1. The quantitative estimate of drug-likeness (QED) is 0.681. The van der Waals surface area contributed by atoms with Gasteiger partial charge in [-0.3, -0.25) is 0 Å². The summed E-state index contributed by atoms with van der Waals surface area (Å²) >= 11 is 0.796. The summed E-state index contributed by atoms with van der Waals surface area (Å²) in [6, 6.07) is 5.32. The van der Waals surface area contributed by atoms with Gasteiger partial charge in [0.25, 0.3) is 0 Å². The Bertz CT molecular complexity index is 611. The number of hydrogen-bond donors (Lipinski definition) is 1. The zero-order valence-corrected chi connectivity index (χ0v) is 9.61. The highest BCUT2D eigenvalue weighted by Crippen LogP contribution is 2.19. The molecule has 1 aromatic heterocycles. The summed E-state index contributed by atoms with van der Waals surface area (Å²) in [4.78, 5) is 25.8. The number of carboxylic acid groups (broad SMARTS) is 1. The third kappa shape index (κ3) is 2.35. The fourth-order valence-corrected chi connectivity index (χ4v) is 1.83. The molecule has 2 rings (SSSR count). The normalized spacial score (nSPS) is 10.1. The van der Waals surface area contributed by atoms with E-state index in [0.717, 1.165) is 17.4 Å². The van der Waals surface area contributed by atoms with Crippen molar-refractivity contribution in [3.63, 3.8) is 0 Å². The number of para-hydroxylation sites is 1. The summed E-state index contributed by atoms with van der Waals surface area (Å²) in [5.74, 6) is -3.26. The number of aromatic carboxylic acids is 1. The first-order valence-corrected chi connectivity index (χ1v) is 5.61. The highest BCUT2D eigenvalue weighted by Gasteiger charge is 2.22. The zero-order valence-electron chi connectivity index (χ0n) is 8.79. The summed E-state index contributed by atoms with van der Waals surface area (Å²) in [6.07, 6.45) is 0. The van der Waals surface area contributed by atoms with Crippen molar-refractivity contribution in [2.45, 2.75) is 0 Å². The van der Waals surface area contributed by atoms with Crippen molar-refractivity contribution in [1.82, 2.24) is 4.98 Å². The second-order valence-corrected chi connectivity index (χ2v) is 4.01. The first-order chi connectivity index (χ1) is 8.59. The maximum absolute atomic E-state index is 13.2. The molecule has 0 radical (unpaired) electrons. The molecule has 5 nitrogen and oxygen atoms in total. The average Bonchev–Trinajstić information content (AvgIpc) is 2.81. The molecule has 1 heterocycles. The van der Waals surface area contributed by atoms with E-state index >= 15 is 0 Å². The molecule has 0 saturated carbocycles. The summed E-state index contributed by atoms with van der Waals surface area (Å²) in [7, 11) is 0. The number of aromatic nitrogens is 1. The Balaban J connectivity index is 2.25. The lowest BCUT2D eigenvalue weighted by atomic mass is 10.3. The average molecular weight is 267 g/mol. The number of hydrogen-bond acceptors (Lipinski definition) is 5. The van der Waals surface area contributed by atoms with Crippen LogP contribution in [0.5, 0.6) is 5.75 Å². The van der Waals surface area contributed by atoms with E-state index < -0.39 is 17.8 Å². The van der Waals surface area contributed by atoms with Gasteiger partial charge < -0.3 is 9.84 Å². The third-order valence-electron chi connectivity index (χ3n) is 1.99. The maximum atomic E-state index is 13.2. The van der Waals surface area contributed by atoms with Gasteiger partial charge in [0, 0.05) is 0 Å². The predicted molar refractivity (Wildman–Crippen MR) is 60.4 cm³/mol. The molecule has 1 aromatic carbocycles. The van der Waals surface area contributed by atoms with E-state index in [0.29, 0.717) is 0 Å². The third-order valence-corrected chi connectivity index (χ3v) is 2.81. The van der Waals surface area contributed by atoms with Crippen molar-refractivity contribution in [1.29, 1.82) is 0 Å². The first-order valence-electron chi connectivity index (χ1n) is 4.73. The molecule has 0 aliphatic rings. The predicted octanol–water partition coefficient (Wildman–Crippen LogP) is 2.20. The zero-order chi connectivity index (χ0) is 13.1. The van der Waals surface area contributed by atoms with Gasteiger partial charge in [-0.15, -0.1) is 11.3 Å². The van der Waals surface area contributed by atoms with Crippen LogP contribution < -0.4 is 4.74 Å². The van der Waals surface area contributed by atoms with E-state index in [1.54, 1.807) is 0 Å². The monoisotopic (exact) mass is 267 g/mol. The van der Waals surface area contributed by atoms with Crippen LogP contribution in [0.4, 0.5) is 4.39 Å². The van der Waals surface area contributed by atoms with Gasteiger partial charge in [0.1, 0.15) is 4.88 Å². The molecule has 0 saturated heterocycles. The SMILES string of the molecule is O=C(Oc1ccccc1F)c1ncsc1C(=O)O. The van der Waals surface area contributed by atoms with Gasteiger partial charge in [-0.2, -0.15) is 0 Å². The van der Waals surface area contributed by atoms with Crippen molar-refractivity contribution in [3.8, 4) is 5.75 Å². The Kier molecular flexibility index (Phi) is 3.33. The van der Waals surface area contributed by atoms with Crippen molar-refractivity contribution in [2.75, 3.05) is 0 Å². The van der Waals surface area contributed by atoms with E-state index in [1.807, 2.05) is 0 Å². The van der Waals surface area contributed by atoms with Crippen LogP contribution in [0.15, 0.2) is 29.8 Å². The molecule has 0 aliphatic carbocycles. The molecule has 0 spiro atoms. The van der Waals surface area contributed by atoms with E-state index in [9.17, 15) is 14.0 Å². The fraction of sp³-hybridized carbons (Fsp3) is 0. The molecule has 0 aliphatic heterocycles.